The van der Waals surface area contributed by atoms with Crippen molar-refractivity contribution in [3.05, 3.63) is 17.0 Å². The van der Waals surface area contributed by atoms with Crippen molar-refractivity contribution in [3.8, 4) is 0 Å². The van der Waals surface area contributed by atoms with Gasteiger partial charge in [-0.2, -0.15) is 0 Å². The lowest BCUT2D eigenvalue weighted by atomic mass is 9.96. The Bertz CT molecular complexity index is 428. The van der Waals surface area contributed by atoms with Crippen molar-refractivity contribution in [3.63, 3.8) is 0 Å². The van der Waals surface area contributed by atoms with Crippen molar-refractivity contribution in [2.45, 2.75) is 45.6 Å². The van der Waals surface area contributed by atoms with Gasteiger partial charge in [0.05, 0.1) is 0 Å². The number of aliphatic hydroxyl groups excluding tert-OH is 1. The minimum Gasteiger partial charge on any atom is -0.396 e. The molecule has 2 atom stereocenters. The van der Waals surface area contributed by atoms with Crippen LogP contribution in [-0.2, 0) is 12.8 Å². The molecule has 1 aromatic heterocycles. The molecule has 0 spiro atoms. The molecule has 0 radical (unpaired) electrons. The van der Waals surface area contributed by atoms with Crippen LogP contribution in [0.15, 0.2) is 4.52 Å². The largest absolute Gasteiger partial charge is 0.396 e. The van der Waals surface area contributed by atoms with E-state index in [9.17, 15) is 4.79 Å². The number of nitrogens with one attached hydrogen (secondary N) is 1. The zero-order valence-corrected chi connectivity index (χ0v) is 10.9. The molecular weight excluding hydrogens is 232 g/mol. The lowest BCUT2D eigenvalue weighted by molar-refractivity contribution is 0.0906. The normalized spacial score (nSPS) is 17.9. The summed E-state index contributed by atoms with van der Waals surface area (Å²) in [5.74, 6) is 0.681. The first-order valence-electron chi connectivity index (χ1n) is 6.52. The van der Waals surface area contributed by atoms with E-state index in [0.717, 1.165) is 37.0 Å². The molecule has 5 heteroatoms. The summed E-state index contributed by atoms with van der Waals surface area (Å²) in [6.07, 6.45) is 3.92. The molecule has 0 aliphatic heterocycles. The second kappa shape index (κ2) is 5.52. The number of amides is 1. The number of carbonyl (C=O) groups is 1. The Balaban J connectivity index is 2.07. The molecule has 0 saturated heterocycles. The maximum atomic E-state index is 12.1. The standard InChI is InChI=1S/C13H20N2O3/c1-8(7-16)9(2)14-13(17)12-10-5-3-4-6-11(10)18-15-12/h8-9,16H,3-7H2,1-2H3,(H,14,17). The van der Waals surface area contributed by atoms with E-state index in [1.807, 2.05) is 13.8 Å². The van der Waals surface area contributed by atoms with E-state index >= 15 is 0 Å². The molecule has 1 aromatic rings. The van der Waals surface area contributed by atoms with Crippen molar-refractivity contribution in [1.82, 2.24) is 10.5 Å². The summed E-state index contributed by atoms with van der Waals surface area (Å²) in [4.78, 5) is 12.1. The third-order valence-electron chi connectivity index (χ3n) is 3.67. The fourth-order valence-electron chi connectivity index (χ4n) is 2.14. The summed E-state index contributed by atoms with van der Waals surface area (Å²) >= 11 is 0. The van der Waals surface area contributed by atoms with Crippen LogP contribution >= 0.6 is 0 Å². The van der Waals surface area contributed by atoms with Crippen molar-refractivity contribution in [2.75, 3.05) is 6.61 Å². The molecule has 100 valence electrons. The van der Waals surface area contributed by atoms with Gasteiger partial charge >= 0.3 is 0 Å². The average molecular weight is 252 g/mol. The fourth-order valence-corrected chi connectivity index (χ4v) is 2.14. The number of carbonyl (C=O) groups excluding carboxylic acids is 1. The predicted molar refractivity (Wildman–Crippen MR) is 66.3 cm³/mol. The summed E-state index contributed by atoms with van der Waals surface area (Å²) in [6.45, 7) is 3.83. The Hall–Kier alpha value is -1.36. The van der Waals surface area contributed by atoms with E-state index in [2.05, 4.69) is 10.5 Å². The van der Waals surface area contributed by atoms with E-state index in [-0.39, 0.29) is 24.5 Å². The number of hydrogen-bond donors (Lipinski definition) is 2. The van der Waals surface area contributed by atoms with Gasteiger partial charge in [0.15, 0.2) is 5.69 Å². The molecule has 18 heavy (non-hydrogen) atoms. The van der Waals surface area contributed by atoms with Crippen LogP contribution < -0.4 is 5.32 Å². The number of aromatic nitrogens is 1. The Kier molecular flexibility index (Phi) is 4.01. The second-order valence-electron chi connectivity index (χ2n) is 5.06. The smallest absolute Gasteiger partial charge is 0.273 e. The van der Waals surface area contributed by atoms with Gasteiger partial charge in [-0.05, 0) is 32.1 Å². The van der Waals surface area contributed by atoms with Crippen molar-refractivity contribution in [2.24, 2.45) is 5.92 Å². The highest BCUT2D eigenvalue weighted by molar-refractivity contribution is 5.94. The number of hydrogen-bond acceptors (Lipinski definition) is 4. The first-order valence-corrected chi connectivity index (χ1v) is 6.52. The number of aliphatic hydroxyl groups is 1. The number of rotatable bonds is 4. The number of fused-ring (bicyclic) bond motifs is 1. The van der Waals surface area contributed by atoms with Crippen LogP contribution in [0.2, 0.25) is 0 Å². The molecule has 1 amide bonds. The predicted octanol–water partition coefficient (Wildman–Crippen LogP) is 1.30. The monoisotopic (exact) mass is 252 g/mol. The highest BCUT2D eigenvalue weighted by Gasteiger charge is 2.25. The van der Waals surface area contributed by atoms with Crippen molar-refractivity contribution < 1.29 is 14.4 Å². The maximum absolute atomic E-state index is 12.1. The second-order valence-corrected chi connectivity index (χ2v) is 5.06. The van der Waals surface area contributed by atoms with Crippen LogP contribution in [0.25, 0.3) is 0 Å². The van der Waals surface area contributed by atoms with Gasteiger partial charge in [-0.25, -0.2) is 0 Å². The minimum atomic E-state index is -0.199. The van der Waals surface area contributed by atoms with E-state index < -0.39 is 0 Å². The molecule has 2 unspecified atom stereocenters. The molecular formula is C13H20N2O3. The Morgan fingerprint density at radius 1 is 1.44 bits per heavy atom. The lowest BCUT2D eigenvalue weighted by Crippen LogP contribution is -2.38. The molecule has 1 aliphatic rings. The topological polar surface area (TPSA) is 75.4 Å². The number of aryl methyl sites for hydroxylation is 1. The van der Waals surface area contributed by atoms with Gasteiger partial charge in [-0.1, -0.05) is 12.1 Å². The van der Waals surface area contributed by atoms with E-state index in [1.165, 1.54) is 0 Å². The molecule has 0 aromatic carbocycles. The summed E-state index contributed by atoms with van der Waals surface area (Å²) in [5, 5.41) is 15.8. The summed E-state index contributed by atoms with van der Waals surface area (Å²) < 4.78 is 5.22. The maximum Gasteiger partial charge on any atom is 0.273 e. The van der Waals surface area contributed by atoms with Crippen LogP contribution in [0.1, 0.15) is 48.5 Å². The van der Waals surface area contributed by atoms with Gasteiger partial charge in [0.25, 0.3) is 5.91 Å². The van der Waals surface area contributed by atoms with Gasteiger partial charge in [-0.15, -0.1) is 0 Å². The van der Waals surface area contributed by atoms with Gasteiger partial charge in [-0.3, -0.25) is 4.79 Å². The van der Waals surface area contributed by atoms with Crippen LogP contribution in [0, 0.1) is 5.92 Å². The van der Waals surface area contributed by atoms with Gasteiger partial charge in [0.1, 0.15) is 5.76 Å². The SMILES string of the molecule is CC(CO)C(C)NC(=O)c1noc2c1CCCC2. The first kappa shape index (κ1) is 13.1. The van der Waals surface area contributed by atoms with Crippen molar-refractivity contribution in [1.29, 1.82) is 0 Å². The molecule has 1 heterocycles. The molecule has 1 aliphatic carbocycles. The Morgan fingerprint density at radius 3 is 2.89 bits per heavy atom. The highest BCUT2D eigenvalue weighted by atomic mass is 16.5. The van der Waals surface area contributed by atoms with E-state index in [4.69, 9.17) is 9.63 Å². The van der Waals surface area contributed by atoms with Gasteiger partial charge in [0.2, 0.25) is 0 Å². The molecule has 2 N–H and O–H groups in total. The number of nitrogens with zero attached hydrogens (tertiary/aromatic N) is 1. The van der Waals surface area contributed by atoms with Crippen LogP contribution in [0.3, 0.4) is 0 Å². The summed E-state index contributed by atoms with van der Waals surface area (Å²) in [7, 11) is 0. The van der Waals surface area contributed by atoms with Gasteiger partial charge < -0.3 is 14.9 Å². The van der Waals surface area contributed by atoms with Crippen LogP contribution in [0.4, 0.5) is 0 Å². The summed E-state index contributed by atoms with van der Waals surface area (Å²) in [6, 6.07) is -0.0848. The highest BCUT2D eigenvalue weighted by Crippen LogP contribution is 2.24. The molecule has 2 rings (SSSR count). The van der Waals surface area contributed by atoms with E-state index in [0.29, 0.717) is 5.69 Å². The first-order chi connectivity index (χ1) is 8.63. The zero-order chi connectivity index (χ0) is 13.1. The molecule has 5 nitrogen and oxygen atoms in total. The lowest BCUT2D eigenvalue weighted by Gasteiger charge is -2.19. The fraction of sp³-hybridized carbons (Fsp3) is 0.692. The van der Waals surface area contributed by atoms with E-state index in [1.54, 1.807) is 0 Å². The van der Waals surface area contributed by atoms with Crippen molar-refractivity contribution >= 4 is 5.91 Å². The zero-order valence-electron chi connectivity index (χ0n) is 10.9. The Labute approximate surface area is 107 Å². The minimum absolute atomic E-state index is 0.0247. The van der Waals surface area contributed by atoms with Crippen LogP contribution in [0.5, 0.6) is 0 Å². The molecule has 0 saturated carbocycles. The third kappa shape index (κ3) is 2.56. The average Bonchev–Trinajstić information content (AvgIpc) is 2.81. The third-order valence-corrected chi connectivity index (χ3v) is 3.67. The molecule has 0 fully saturated rings. The Morgan fingerprint density at radius 2 is 2.17 bits per heavy atom. The molecule has 0 bridgehead atoms. The summed E-state index contributed by atoms with van der Waals surface area (Å²) in [5.41, 5.74) is 1.38. The van der Waals surface area contributed by atoms with Gasteiger partial charge in [0, 0.05) is 24.6 Å². The quantitative estimate of drug-likeness (QED) is 0.847. The van der Waals surface area contributed by atoms with Crippen LogP contribution in [-0.4, -0.2) is 28.8 Å².